The number of carbonyl (C=O) groups excluding carboxylic acids is 1. The van der Waals surface area contributed by atoms with Crippen LogP contribution in [0.4, 0.5) is 0 Å². The van der Waals surface area contributed by atoms with Crippen LogP contribution in [0.1, 0.15) is 10.5 Å². The minimum Gasteiger partial charge on any atom is -0.450 e. The number of nitrogens with zero attached hydrogens (tertiary/aromatic N) is 4. The summed E-state index contributed by atoms with van der Waals surface area (Å²) in [5.74, 6) is -0.617. The molecule has 0 saturated carbocycles. The molecule has 34 heavy (non-hydrogen) atoms. The largest absolute Gasteiger partial charge is 0.450 e. The smallest absolute Gasteiger partial charge is 0.361 e. The first-order valence-corrected chi connectivity index (χ1v) is 13.6. The van der Waals surface area contributed by atoms with Crippen molar-refractivity contribution in [3.05, 3.63) is 64.3 Å². The van der Waals surface area contributed by atoms with Gasteiger partial charge in [0.05, 0.1) is 15.6 Å². The molecule has 2 aromatic heterocycles. The Morgan fingerprint density at radius 2 is 1.85 bits per heavy atom. The molecular formula is C21H16Cl2N4O5S2. The van der Waals surface area contributed by atoms with E-state index in [9.17, 15) is 13.2 Å². The molecule has 176 valence electrons. The molecule has 13 heteroatoms. The van der Waals surface area contributed by atoms with Gasteiger partial charge in [-0.25, -0.2) is 17.9 Å². The molecule has 0 fully saturated rings. The lowest BCUT2D eigenvalue weighted by Gasteiger charge is -2.06. The second-order valence-electron chi connectivity index (χ2n) is 6.93. The van der Waals surface area contributed by atoms with Crippen molar-refractivity contribution in [3.8, 4) is 28.7 Å². The van der Waals surface area contributed by atoms with Crippen LogP contribution < -0.4 is 0 Å². The van der Waals surface area contributed by atoms with E-state index in [-0.39, 0.29) is 39.0 Å². The third-order valence-electron chi connectivity index (χ3n) is 4.55. The summed E-state index contributed by atoms with van der Waals surface area (Å²) in [6, 6.07) is 12.9. The molecule has 0 aliphatic carbocycles. The van der Waals surface area contributed by atoms with E-state index < -0.39 is 15.8 Å². The average Bonchev–Trinajstić information content (AvgIpc) is 3.42. The molecule has 0 amide bonds. The van der Waals surface area contributed by atoms with Crippen molar-refractivity contribution in [2.45, 2.75) is 4.90 Å². The minimum absolute atomic E-state index is 0.0509. The van der Waals surface area contributed by atoms with Gasteiger partial charge in [0, 0.05) is 11.8 Å². The van der Waals surface area contributed by atoms with Gasteiger partial charge < -0.3 is 9.15 Å². The summed E-state index contributed by atoms with van der Waals surface area (Å²) in [4.78, 5) is 12.6. The molecule has 9 nitrogen and oxygen atoms in total. The first kappa shape index (κ1) is 24.3. The number of halogens is 2. The summed E-state index contributed by atoms with van der Waals surface area (Å²) in [7, 11) is -3.44. The van der Waals surface area contributed by atoms with E-state index in [1.54, 1.807) is 42.7 Å². The minimum atomic E-state index is -3.44. The van der Waals surface area contributed by atoms with Crippen LogP contribution in [0.15, 0.2) is 57.8 Å². The van der Waals surface area contributed by atoms with Crippen LogP contribution in [0.5, 0.6) is 0 Å². The van der Waals surface area contributed by atoms with E-state index in [0.717, 1.165) is 6.26 Å². The zero-order chi connectivity index (χ0) is 24.5. The molecule has 4 aromatic rings. The standard InChI is InChI=1S/C21H16Cl2N4O5S2/c1-33-11-31-21(28)17-16(23)18(27(26-17)15-9-4-3-8-14(15)22)20-25-24-19(32-20)12-6-5-7-13(10-12)34(2,29)30/h3-10H,11H2,1-2H3. The maximum atomic E-state index is 12.5. The van der Waals surface area contributed by atoms with Crippen LogP contribution in [0.3, 0.4) is 0 Å². The van der Waals surface area contributed by atoms with Gasteiger partial charge in [-0.2, -0.15) is 5.10 Å². The fourth-order valence-corrected chi connectivity index (χ4v) is 4.37. The van der Waals surface area contributed by atoms with Gasteiger partial charge in [0.25, 0.3) is 5.89 Å². The normalized spacial score (nSPS) is 11.5. The highest BCUT2D eigenvalue weighted by molar-refractivity contribution is 7.98. The predicted octanol–water partition coefficient (Wildman–Crippen LogP) is 4.78. The molecule has 2 aromatic carbocycles. The number of benzene rings is 2. The molecule has 0 spiro atoms. The Hall–Kier alpha value is -2.86. The second-order valence-corrected chi connectivity index (χ2v) is 10.5. The monoisotopic (exact) mass is 538 g/mol. The van der Waals surface area contributed by atoms with E-state index in [2.05, 4.69) is 15.3 Å². The lowest BCUT2D eigenvalue weighted by molar-refractivity contribution is 0.0572. The van der Waals surface area contributed by atoms with Gasteiger partial charge in [-0.1, -0.05) is 41.4 Å². The van der Waals surface area contributed by atoms with Gasteiger partial charge >= 0.3 is 5.97 Å². The summed E-state index contributed by atoms with van der Waals surface area (Å²) < 4.78 is 36.1. The van der Waals surface area contributed by atoms with Gasteiger partial charge in [-0.3, -0.25) is 0 Å². The molecular weight excluding hydrogens is 523 g/mol. The molecule has 0 saturated heterocycles. The number of esters is 1. The number of thioether (sulfide) groups is 1. The summed E-state index contributed by atoms with van der Waals surface area (Å²) in [5.41, 5.74) is 0.790. The van der Waals surface area contributed by atoms with Crippen LogP contribution in [-0.4, -0.2) is 52.8 Å². The van der Waals surface area contributed by atoms with Crippen molar-refractivity contribution < 1.29 is 22.4 Å². The quantitative estimate of drug-likeness (QED) is 0.242. The molecule has 0 N–H and O–H groups in total. The van der Waals surface area contributed by atoms with Crippen LogP contribution in [-0.2, 0) is 14.6 Å². The third kappa shape index (κ3) is 4.83. The van der Waals surface area contributed by atoms with Gasteiger partial charge in [0.2, 0.25) is 5.89 Å². The lowest BCUT2D eigenvalue weighted by Crippen LogP contribution is -2.07. The Morgan fingerprint density at radius 1 is 1.12 bits per heavy atom. The highest BCUT2D eigenvalue weighted by Gasteiger charge is 2.29. The summed E-state index contributed by atoms with van der Waals surface area (Å²) in [6.45, 7) is 0. The van der Waals surface area contributed by atoms with Crippen molar-refractivity contribution in [1.82, 2.24) is 20.0 Å². The van der Waals surface area contributed by atoms with Crippen molar-refractivity contribution in [1.29, 1.82) is 0 Å². The number of rotatable bonds is 7. The predicted molar refractivity (Wildman–Crippen MR) is 129 cm³/mol. The second kappa shape index (κ2) is 9.79. The number of aromatic nitrogens is 4. The first-order chi connectivity index (χ1) is 16.2. The summed E-state index contributed by atoms with van der Waals surface area (Å²) in [5, 5.41) is 12.7. The van der Waals surface area contributed by atoms with E-state index in [1.165, 1.54) is 28.6 Å². The third-order valence-corrected chi connectivity index (χ3v) is 6.69. The maximum Gasteiger partial charge on any atom is 0.361 e. The number of sulfone groups is 1. The molecule has 4 rings (SSSR count). The van der Waals surface area contributed by atoms with E-state index in [4.69, 9.17) is 32.4 Å². The number of hydrogen-bond donors (Lipinski definition) is 0. The van der Waals surface area contributed by atoms with Gasteiger partial charge in [0.15, 0.2) is 21.2 Å². The molecule has 0 unspecified atom stereocenters. The van der Waals surface area contributed by atoms with Gasteiger partial charge in [-0.15, -0.1) is 22.0 Å². The highest BCUT2D eigenvalue weighted by atomic mass is 35.5. The Bertz CT molecular complexity index is 1480. The Kier molecular flexibility index (Phi) is 6.99. The molecule has 2 heterocycles. The molecule has 0 aliphatic heterocycles. The SMILES string of the molecule is CSCOC(=O)c1nn(-c2ccccc2Cl)c(-c2nnc(-c3cccc(S(C)(=O)=O)c3)o2)c1Cl. The topological polar surface area (TPSA) is 117 Å². The number of para-hydroxylation sites is 1. The van der Waals surface area contributed by atoms with Crippen molar-refractivity contribution in [2.75, 3.05) is 18.5 Å². The summed E-state index contributed by atoms with van der Waals surface area (Å²) >= 11 is 14.2. The molecule has 0 radical (unpaired) electrons. The van der Waals surface area contributed by atoms with Crippen LogP contribution >= 0.6 is 35.0 Å². The number of carbonyl (C=O) groups is 1. The molecule has 0 aliphatic rings. The lowest BCUT2D eigenvalue weighted by atomic mass is 10.2. The Labute approximate surface area is 209 Å². The van der Waals surface area contributed by atoms with Crippen molar-refractivity contribution >= 4 is 50.8 Å². The summed E-state index contributed by atoms with van der Waals surface area (Å²) in [6.07, 6.45) is 2.88. The molecule has 0 atom stereocenters. The van der Waals surface area contributed by atoms with Crippen LogP contribution in [0.2, 0.25) is 10.0 Å². The van der Waals surface area contributed by atoms with Crippen LogP contribution in [0.25, 0.3) is 28.7 Å². The Morgan fingerprint density at radius 3 is 2.56 bits per heavy atom. The molecule has 0 bridgehead atoms. The van der Waals surface area contributed by atoms with E-state index in [0.29, 0.717) is 16.3 Å². The average molecular weight is 539 g/mol. The zero-order valence-corrected chi connectivity index (χ0v) is 20.9. The fraction of sp³-hybridized carbons (Fsp3) is 0.143. The van der Waals surface area contributed by atoms with E-state index >= 15 is 0 Å². The van der Waals surface area contributed by atoms with E-state index in [1.807, 2.05) is 0 Å². The Balaban J connectivity index is 1.85. The highest BCUT2D eigenvalue weighted by Crippen LogP contribution is 2.36. The maximum absolute atomic E-state index is 12.5. The van der Waals surface area contributed by atoms with Crippen molar-refractivity contribution in [2.24, 2.45) is 0 Å². The first-order valence-electron chi connectivity index (χ1n) is 9.54. The number of ether oxygens (including phenoxy) is 1. The van der Waals surface area contributed by atoms with Crippen LogP contribution in [0, 0.1) is 0 Å². The zero-order valence-electron chi connectivity index (χ0n) is 17.7. The number of hydrogen-bond acceptors (Lipinski definition) is 9. The fourth-order valence-electron chi connectivity index (χ4n) is 2.99. The van der Waals surface area contributed by atoms with Gasteiger partial charge in [-0.05, 0) is 36.6 Å². The van der Waals surface area contributed by atoms with Gasteiger partial charge in [0.1, 0.15) is 11.0 Å². The van der Waals surface area contributed by atoms with Crippen molar-refractivity contribution in [3.63, 3.8) is 0 Å².